The minimum Gasteiger partial charge on any atom is -0.332 e. The van der Waals surface area contributed by atoms with Gasteiger partial charge in [-0.25, -0.2) is 4.39 Å². The Hall–Kier alpha value is -1.86. The molecule has 2 aromatic carbocycles. The fourth-order valence-corrected chi connectivity index (χ4v) is 3.07. The number of thiocarbonyl (C=S) groups is 1. The van der Waals surface area contributed by atoms with Crippen molar-refractivity contribution in [3.8, 4) is 0 Å². The highest BCUT2D eigenvalue weighted by atomic mass is 35.5. The zero-order valence-corrected chi connectivity index (χ0v) is 16.2. The van der Waals surface area contributed by atoms with Gasteiger partial charge in [-0.3, -0.25) is 4.68 Å². The molecule has 0 radical (unpaired) electrons. The quantitative estimate of drug-likeness (QED) is 0.511. The first-order valence-corrected chi connectivity index (χ1v) is 8.95. The van der Waals surface area contributed by atoms with Crippen molar-refractivity contribution in [2.45, 2.75) is 6.54 Å². The van der Waals surface area contributed by atoms with Gasteiger partial charge in [-0.05, 0) is 54.2 Å². The minimum atomic E-state index is -0.322. The molecule has 26 heavy (non-hydrogen) atoms. The lowest BCUT2D eigenvalue weighted by Crippen LogP contribution is -2.19. The third-order valence-electron chi connectivity index (χ3n) is 3.40. The van der Waals surface area contributed by atoms with Crippen molar-refractivity contribution in [2.24, 2.45) is 0 Å². The smallest absolute Gasteiger partial charge is 0.176 e. The molecule has 0 amide bonds. The zero-order valence-electron chi connectivity index (χ0n) is 13.1. The van der Waals surface area contributed by atoms with Crippen molar-refractivity contribution in [3.05, 3.63) is 75.1 Å². The Labute approximate surface area is 169 Å². The molecule has 0 spiro atoms. The molecule has 1 heterocycles. The van der Waals surface area contributed by atoms with Gasteiger partial charge in [-0.15, -0.1) is 0 Å². The predicted octanol–water partition coefficient (Wildman–Crippen LogP) is 5.84. The molecule has 0 fully saturated rings. The van der Waals surface area contributed by atoms with Crippen LogP contribution in [0.15, 0.2) is 48.7 Å². The van der Waals surface area contributed by atoms with E-state index in [4.69, 9.17) is 47.0 Å². The molecule has 0 aliphatic rings. The van der Waals surface area contributed by atoms with Crippen LogP contribution in [0.5, 0.6) is 0 Å². The molecule has 9 heteroatoms. The molecule has 3 aromatic rings. The summed E-state index contributed by atoms with van der Waals surface area (Å²) in [5, 5.41) is 12.0. The van der Waals surface area contributed by atoms with Gasteiger partial charge in [0.05, 0.1) is 6.54 Å². The number of hydrogen-bond donors (Lipinski definition) is 2. The van der Waals surface area contributed by atoms with Gasteiger partial charge < -0.3 is 10.6 Å². The first-order chi connectivity index (χ1) is 12.4. The summed E-state index contributed by atoms with van der Waals surface area (Å²) < 4.78 is 14.6. The van der Waals surface area contributed by atoms with E-state index in [0.717, 1.165) is 5.56 Å². The Bertz CT molecular complexity index is 944. The van der Waals surface area contributed by atoms with Crippen LogP contribution in [-0.2, 0) is 6.54 Å². The van der Waals surface area contributed by atoms with E-state index >= 15 is 0 Å². The lowest BCUT2D eigenvalue weighted by molar-refractivity contribution is 0.628. The van der Waals surface area contributed by atoms with Crippen LogP contribution in [-0.4, -0.2) is 14.9 Å². The second-order valence-corrected chi connectivity index (χ2v) is 7.00. The van der Waals surface area contributed by atoms with Crippen LogP contribution in [0.1, 0.15) is 5.56 Å². The van der Waals surface area contributed by atoms with Crippen LogP contribution >= 0.6 is 47.0 Å². The van der Waals surface area contributed by atoms with Crippen molar-refractivity contribution in [1.82, 2.24) is 9.78 Å². The number of benzene rings is 2. The zero-order chi connectivity index (χ0) is 18.7. The first-order valence-electron chi connectivity index (χ1n) is 7.41. The predicted molar refractivity (Wildman–Crippen MR) is 109 cm³/mol. The highest BCUT2D eigenvalue weighted by Crippen LogP contribution is 2.24. The summed E-state index contributed by atoms with van der Waals surface area (Å²) >= 11 is 23.5. The van der Waals surface area contributed by atoms with Crippen LogP contribution in [0.25, 0.3) is 0 Å². The monoisotopic (exact) mass is 428 g/mol. The summed E-state index contributed by atoms with van der Waals surface area (Å²) in [6.07, 6.45) is 1.66. The van der Waals surface area contributed by atoms with Gasteiger partial charge in [0.15, 0.2) is 10.9 Å². The Morgan fingerprint density at radius 3 is 2.46 bits per heavy atom. The molecular weight excluding hydrogens is 418 g/mol. The Morgan fingerprint density at radius 1 is 1.04 bits per heavy atom. The number of aromatic nitrogens is 2. The molecule has 134 valence electrons. The van der Waals surface area contributed by atoms with Gasteiger partial charge in [0, 0.05) is 21.9 Å². The van der Waals surface area contributed by atoms with Gasteiger partial charge >= 0.3 is 0 Å². The molecule has 4 nitrogen and oxygen atoms in total. The number of halogens is 4. The van der Waals surface area contributed by atoms with Crippen molar-refractivity contribution in [2.75, 3.05) is 10.6 Å². The van der Waals surface area contributed by atoms with Crippen molar-refractivity contribution < 1.29 is 4.39 Å². The molecule has 0 aliphatic heterocycles. The van der Waals surface area contributed by atoms with Gasteiger partial charge in [-0.2, -0.15) is 5.10 Å². The Kier molecular flexibility index (Phi) is 5.98. The second-order valence-electron chi connectivity index (χ2n) is 5.34. The minimum absolute atomic E-state index is 0.285. The van der Waals surface area contributed by atoms with Crippen LogP contribution in [0.3, 0.4) is 0 Å². The number of hydrogen-bond acceptors (Lipinski definition) is 2. The van der Waals surface area contributed by atoms with E-state index in [9.17, 15) is 4.39 Å². The fraction of sp³-hybridized carbons (Fsp3) is 0.0588. The molecule has 0 unspecified atom stereocenters. The van der Waals surface area contributed by atoms with Crippen LogP contribution in [0, 0.1) is 5.82 Å². The Balaban J connectivity index is 1.67. The third-order valence-corrected chi connectivity index (χ3v) is 4.47. The summed E-state index contributed by atoms with van der Waals surface area (Å²) in [5.74, 6) is 0.0773. The highest BCUT2D eigenvalue weighted by Gasteiger charge is 2.10. The lowest BCUT2D eigenvalue weighted by Gasteiger charge is -2.09. The summed E-state index contributed by atoms with van der Waals surface area (Å²) in [4.78, 5) is 0. The maximum absolute atomic E-state index is 12.9. The maximum atomic E-state index is 12.9. The van der Waals surface area contributed by atoms with E-state index in [1.807, 2.05) is 6.07 Å². The normalized spacial score (nSPS) is 10.6. The molecule has 3 rings (SSSR count). The van der Waals surface area contributed by atoms with Crippen LogP contribution in [0.4, 0.5) is 15.9 Å². The number of nitrogens with zero attached hydrogens (tertiary/aromatic N) is 2. The third kappa shape index (κ3) is 4.86. The van der Waals surface area contributed by atoms with Gasteiger partial charge in [0.1, 0.15) is 10.8 Å². The summed E-state index contributed by atoms with van der Waals surface area (Å²) in [7, 11) is 0. The molecule has 0 saturated heterocycles. The fourth-order valence-electron chi connectivity index (χ4n) is 2.19. The standard InChI is InChI=1S/C17H12Cl3FN4S/c18-11-2-1-10(14(19)7-11)8-25-9-15(20)16(24-25)23-17(26)22-13-5-3-12(21)4-6-13/h1-7,9H,8H2,(H2,22,23,24,26). The van der Waals surface area contributed by atoms with E-state index in [1.54, 1.807) is 35.1 Å². The van der Waals surface area contributed by atoms with E-state index < -0.39 is 0 Å². The largest absolute Gasteiger partial charge is 0.332 e. The van der Waals surface area contributed by atoms with Crippen LogP contribution in [0.2, 0.25) is 15.1 Å². The average molecular weight is 430 g/mol. The van der Waals surface area contributed by atoms with Crippen molar-refractivity contribution in [1.29, 1.82) is 0 Å². The molecule has 0 saturated carbocycles. The van der Waals surface area contributed by atoms with Gasteiger partial charge in [0.2, 0.25) is 0 Å². The highest BCUT2D eigenvalue weighted by molar-refractivity contribution is 7.80. The van der Waals surface area contributed by atoms with Crippen molar-refractivity contribution in [3.63, 3.8) is 0 Å². The Morgan fingerprint density at radius 2 is 1.77 bits per heavy atom. The number of nitrogens with one attached hydrogen (secondary N) is 2. The summed E-state index contributed by atoms with van der Waals surface area (Å²) in [5.41, 5.74) is 1.50. The molecule has 0 aliphatic carbocycles. The summed E-state index contributed by atoms with van der Waals surface area (Å²) in [6, 6.07) is 11.1. The molecule has 0 bridgehead atoms. The SMILES string of the molecule is Fc1ccc(NC(=S)Nc2nn(Cc3ccc(Cl)cc3Cl)cc2Cl)cc1. The molecule has 0 atom stereocenters. The molecular formula is C17H12Cl3FN4S. The maximum Gasteiger partial charge on any atom is 0.176 e. The van der Waals surface area contributed by atoms with Gasteiger partial charge in [0.25, 0.3) is 0 Å². The topological polar surface area (TPSA) is 41.9 Å². The van der Waals surface area contributed by atoms with E-state index in [1.165, 1.54) is 12.1 Å². The average Bonchev–Trinajstić information content (AvgIpc) is 2.92. The number of anilines is 2. The van der Waals surface area contributed by atoms with Crippen molar-refractivity contribution >= 4 is 63.6 Å². The second kappa shape index (κ2) is 8.22. The van der Waals surface area contributed by atoms with Crippen LogP contribution < -0.4 is 10.6 Å². The number of rotatable bonds is 4. The molecule has 1 aromatic heterocycles. The van der Waals surface area contributed by atoms with Gasteiger partial charge in [-0.1, -0.05) is 40.9 Å². The lowest BCUT2D eigenvalue weighted by atomic mass is 10.2. The van der Waals surface area contributed by atoms with E-state index in [0.29, 0.717) is 33.1 Å². The first kappa shape index (κ1) is 18.9. The van der Waals surface area contributed by atoms with E-state index in [2.05, 4.69) is 15.7 Å². The summed E-state index contributed by atoms with van der Waals surface area (Å²) in [6.45, 7) is 0.426. The molecule has 2 N–H and O–H groups in total. The van der Waals surface area contributed by atoms with E-state index in [-0.39, 0.29) is 10.9 Å².